The zero-order chi connectivity index (χ0) is 43.1. The second-order valence-corrected chi connectivity index (χ2v) is 19.3. The Labute approximate surface area is 375 Å². The molecule has 1 aliphatic rings. The van der Waals surface area contributed by atoms with Gasteiger partial charge >= 0.3 is 0 Å². The van der Waals surface area contributed by atoms with Gasteiger partial charge in [0.25, 0.3) is 0 Å². The highest BCUT2D eigenvalue weighted by Gasteiger charge is 2.57. The Morgan fingerprint density at radius 3 is 1.67 bits per heavy atom. The third-order valence-corrected chi connectivity index (χ3v) is 13.8. The van der Waals surface area contributed by atoms with Crippen molar-refractivity contribution in [2.24, 2.45) is 0 Å². The monoisotopic (exact) mass is 801 g/mol. The Morgan fingerprint density at radius 2 is 0.921 bits per heavy atom. The zero-order valence-corrected chi connectivity index (χ0v) is 36.9. The van der Waals surface area contributed by atoms with Gasteiger partial charge in [0.2, 0.25) is 0 Å². The van der Waals surface area contributed by atoms with E-state index in [1.807, 2.05) is 12.1 Å². The first-order chi connectivity index (χ1) is 30.5. The van der Waals surface area contributed by atoms with Gasteiger partial charge in [0.15, 0.2) is 0 Å². The summed E-state index contributed by atoms with van der Waals surface area (Å²) < 4.78 is 6.47. The Hall–Kier alpha value is -6.77. The second kappa shape index (κ2) is 14.7. The Morgan fingerprint density at radius 1 is 0.381 bits per heavy atom. The van der Waals surface area contributed by atoms with Gasteiger partial charge in [-0.25, -0.2) is 0 Å². The lowest BCUT2D eigenvalue weighted by atomic mass is 9.18. The molecule has 0 N–H and O–H groups in total. The molecule has 0 atom stereocenters. The van der Waals surface area contributed by atoms with Crippen molar-refractivity contribution in [3.63, 3.8) is 0 Å². The number of anilines is 3. The predicted molar refractivity (Wildman–Crippen MR) is 285 cm³/mol. The summed E-state index contributed by atoms with van der Waals surface area (Å²) in [4.78, 5) is 2.39. The molecule has 0 unspecified atom stereocenters. The fourth-order valence-corrected chi connectivity index (χ4v) is 11.5. The summed E-state index contributed by atoms with van der Waals surface area (Å²) in [5, 5.41) is 4.64. The van der Waals surface area contributed by atoms with Crippen LogP contribution in [0.15, 0.2) is 205 Å². The van der Waals surface area contributed by atoms with E-state index in [4.69, 9.17) is 4.42 Å². The van der Waals surface area contributed by atoms with Crippen LogP contribution in [0.5, 0.6) is 0 Å². The van der Waals surface area contributed by atoms with Gasteiger partial charge in [0.05, 0.1) is 47.1 Å². The molecule has 0 fully saturated rings. The molecular formula is C55H45B6NO. The summed E-state index contributed by atoms with van der Waals surface area (Å²) in [6.07, 6.45) is 0. The molecule has 2 nitrogen and oxygen atoms in total. The Balaban J connectivity index is 1.04. The summed E-state index contributed by atoms with van der Waals surface area (Å²) >= 11 is 0. The minimum Gasteiger partial charge on any atom is -0.455 e. The van der Waals surface area contributed by atoms with Gasteiger partial charge in [-0.3, -0.25) is 0 Å². The molecule has 8 heteroatoms. The number of nitrogens with zero attached hydrogens (tertiary/aromatic N) is 1. The topological polar surface area (TPSA) is 16.4 Å². The van der Waals surface area contributed by atoms with Gasteiger partial charge in [0.1, 0.15) is 11.2 Å². The number of benzene rings is 9. The van der Waals surface area contributed by atoms with E-state index in [9.17, 15) is 0 Å². The van der Waals surface area contributed by atoms with Crippen LogP contribution in [-0.4, -0.2) is 47.1 Å². The van der Waals surface area contributed by atoms with Crippen LogP contribution in [0.1, 0.15) is 11.1 Å². The normalized spacial score (nSPS) is 13.3. The van der Waals surface area contributed by atoms with Crippen LogP contribution in [-0.2, 0) is 5.41 Å². The molecule has 1 heterocycles. The molecule has 0 bridgehead atoms. The number of fused-ring (bicyclic) bond motifs is 7. The molecular weight excluding hydrogens is 755 g/mol. The molecule has 0 saturated carbocycles. The van der Waals surface area contributed by atoms with Crippen LogP contribution in [0, 0.1) is 0 Å². The van der Waals surface area contributed by atoms with Gasteiger partial charge in [-0.2, -0.15) is 0 Å². The van der Waals surface area contributed by atoms with E-state index in [1.165, 1.54) is 55.3 Å². The van der Waals surface area contributed by atoms with Gasteiger partial charge in [0, 0.05) is 33.4 Å². The van der Waals surface area contributed by atoms with E-state index in [0.29, 0.717) is 0 Å². The van der Waals surface area contributed by atoms with Crippen molar-refractivity contribution in [3.05, 3.63) is 211 Å². The van der Waals surface area contributed by atoms with E-state index in [-0.39, 0.29) is 15.6 Å². The summed E-state index contributed by atoms with van der Waals surface area (Å²) in [6.45, 7) is 0. The summed E-state index contributed by atoms with van der Waals surface area (Å²) in [6, 6.07) is 73.3. The molecule has 1 aliphatic carbocycles. The smallest absolute Gasteiger partial charge is 0.143 e. The maximum Gasteiger partial charge on any atom is 0.143 e. The summed E-state index contributed by atoms with van der Waals surface area (Å²) in [5.74, 6) is 0. The van der Waals surface area contributed by atoms with Gasteiger partial charge in [-0.15, -0.1) is 0 Å². The molecule has 0 saturated heterocycles. The highest BCUT2D eigenvalue weighted by molar-refractivity contribution is 6.66. The molecule has 0 aliphatic heterocycles. The Kier molecular flexibility index (Phi) is 9.10. The number of para-hydroxylation sites is 2. The third kappa shape index (κ3) is 6.17. The molecule has 63 heavy (non-hydrogen) atoms. The fourth-order valence-electron chi connectivity index (χ4n) is 11.5. The largest absolute Gasteiger partial charge is 0.455 e. The lowest BCUT2D eigenvalue weighted by Crippen LogP contribution is -2.52. The number of hydrogen-bond donors (Lipinski definition) is 0. The zero-order valence-electron chi connectivity index (χ0n) is 36.9. The van der Waals surface area contributed by atoms with Crippen molar-refractivity contribution in [1.82, 2.24) is 0 Å². The SMILES string of the molecule is BC(B)(B)C1(C(B)(B)B)c2ccccc2-c2cccc(-c3ccc(N(c4ccc(-c5cccc6c5oc5ccccc56)cc4)c4cccc(-c5ccc6ccccc6c5)c4)cc3)c21. The summed E-state index contributed by atoms with van der Waals surface area (Å²) in [7, 11) is 14.6. The van der Waals surface area contributed by atoms with Crippen LogP contribution < -0.4 is 4.90 Å². The van der Waals surface area contributed by atoms with Crippen molar-refractivity contribution >= 4 is 96.9 Å². The Bertz CT molecular complexity index is 3370. The quantitative estimate of drug-likeness (QED) is 0.143. The van der Waals surface area contributed by atoms with E-state index in [0.717, 1.165) is 50.1 Å². The molecule has 0 amide bonds. The van der Waals surface area contributed by atoms with Crippen LogP contribution in [0.25, 0.3) is 77.2 Å². The summed E-state index contributed by atoms with van der Waals surface area (Å²) in [5.41, 5.74) is 17.5. The van der Waals surface area contributed by atoms with Gasteiger partial charge in [-0.1, -0.05) is 162 Å². The third-order valence-electron chi connectivity index (χ3n) is 13.8. The number of rotatable bonds is 8. The van der Waals surface area contributed by atoms with Crippen molar-refractivity contribution in [3.8, 4) is 44.5 Å². The van der Waals surface area contributed by atoms with Crippen molar-refractivity contribution in [2.75, 3.05) is 4.90 Å². The highest BCUT2D eigenvalue weighted by atomic mass is 16.3. The van der Waals surface area contributed by atoms with Crippen LogP contribution in [0.3, 0.4) is 0 Å². The molecule has 0 spiro atoms. The van der Waals surface area contributed by atoms with Crippen molar-refractivity contribution in [2.45, 2.75) is 15.6 Å². The second-order valence-electron chi connectivity index (χ2n) is 19.3. The first kappa shape index (κ1) is 39.1. The maximum atomic E-state index is 6.47. The minimum atomic E-state index is -0.217. The lowest BCUT2D eigenvalue weighted by Gasteiger charge is -2.55. The fraction of sp³-hybridized carbons (Fsp3) is 0.0545. The van der Waals surface area contributed by atoms with E-state index in [1.54, 1.807) is 0 Å². The van der Waals surface area contributed by atoms with Crippen LogP contribution in [0.2, 0.25) is 10.2 Å². The molecule has 1 aromatic heterocycles. The molecule has 11 rings (SSSR count). The van der Waals surface area contributed by atoms with Crippen molar-refractivity contribution < 1.29 is 4.42 Å². The van der Waals surface area contributed by atoms with Gasteiger partial charge < -0.3 is 9.32 Å². The first-order valence-corrected chi connectivity index (χ1v) is 22.3. The van der Waals surface area contributed by atoms with E-state index in [2.05, 4.69) is 240 Å². The predicted octanol–water partition coefficient (Wildman–Crippen LogP) is 9.42. The highest BCUT2D eigenvalue weighted by Crippen LogP contribution is 2.66. The van der Waals surface area contributed by atoms with E-state index >= 15 is 0 Å². The number of furan rings is 1. The van der Waals surface area contributed by atoms with Crippen molar-refractivity contribution in [1.29, 1.82) is 0 Å². The molecule has 10 aromatic rings. The molecule has 9 aromatic carbocycles. The molecule has 0 radical (unpaired) electrons. The minimum absolute atomic E-state index is 0.0579. The lowest BCUT2D eigenvalue weighted by molar-refractivity contribution is 0.534. The van der Waals surface area contributed by atoms with Gasteiger partial charge in [-0.05, 0) is 115 Å². The number of hydrogen-bond acceptors (Lipinski definition) is 2. The van der Waals surface area contributed by atoms with Crippen LogP contribution >= 0.6 is 0 Å². The average Bonchev–Trinajstić information content (AvgIpc) is 3.84. The standard InChI is InChI=1S/C55H45B6NO/c56-54(57,58)53(55(59,60)61)49-20-5-3-14-45(49)47-18-8-16-43(51(47)53)35-24-28-40(29-25-35)62(42-13-7-12-38(33-42)39-23-22-34-10-1-2-11-37(34)32-39)41-30-26-36(27-31-41)44-17-9-19-48-46-15-4-6-21-50(46)63-52(44)48/h1-33H,56-61H2. The van der Waals surface area contributed by atoms with Crippen LogP contribution in [0.4, 0.5) is 17.1 Å². The average molecular weight is 801 g/mol. The maximum absolute atomic E-state index is 6.47. The van der Waals surface area contributed by atoms with E-state index < -0.39 is 0 Å². The molecule has 294 valence electrons. The first-order valence-electron chi connectivity index (χ1n) is 22.3.